The molecule has 0 aromatic carbocycles. The topological polar surface area (TPSA) is 41.1 Å². The Bertz CT molecular complexity index is 261. The molecule has 3 fully saturated rings. The smallest absolute Gasteiger partial charge is 0.223 e. The average Bonchev–Trinajstić information content (AvgIpc) is 2.88. The van der Waals surface area contributed by atoms with Crippen molar-refractivity contribution in [2.24, 2.45) is 5.92 Å². The van der Waals surface area contributed by atoms with Crippen molar-refractivity contribution in [3.05, 3.63) is 0 Å². The fourth-order valence-corrected chi connectivity index (χ4v) is 3.68. The molecule has 2 N–H and O–H groups in total. The first kappa shape index (κ1) is 10.6. The molecule has 16 heavy (non-hydrogen) atoms. The highest BCUT2D eigenvalue weighted by Crippen LogP contribution is 2.28. The molecule has 1 aliphatic carbocycles. The van der Waals surface area contributed by atoms with Crippen molar-refractivity contribution in [1.82, 2.24) is 10.6 Å². The van der Waals surface area contributed by atoms with Gasteiger partial charge in [0.05, 0.1) is 0 Å². The molecule has 3 heteroatoms. The Morgan fingerprint density at radius 1 is 1.00 bits per heavy atom. The third-order valence-corrected chi connectivity index (χ3v) is 4.55. The van der Waals surface area contributed by atoms with Crippen LogP contribution < -0.4 is 10.6 Å². The van der Waals surface area contributed by atoms with Gasteiger partial charge in [0.1, 0.15) is 0 Å². The van der Waals surface area contributed by atoms with Crippen molar-refractivity contribution in [3.63, 3.8) is 0 Å². The zero-order chi connectivity index (χ0) is 11.0. The summed E-state index contributed by atoms with van der Waals surface area (Å²) in [5.41, 5.74) is 0. The fourth-order valence-electron chi connectivity index (χ4n) is 3.68. The Labute approximate surface area is 97.4 Å². The van der Waals surface area contributed by atoms with E-state index in [0.717, 1.165) is 25.7 Å². The molecule has 3 aliphatic rings. The third-order valence-electron chi connectivity index (χ3n) is 4.55. The molecular formula is C13H22N2O. The van der Waals surface area contributed by atoms with Crippen LogP contribution in [0.25, 0.3) is 0 Å². The van der Waals surface area contributed by atoms with Gasteiger partial charge in [-0.3, -0.25) is 4.79 Å². The molecule has 90 valence electrons. The van der Waals surface area contributed by atoms with Gasteiger partial charge in [-0.05, 0) is 38.5 Å². The first-order chi connectivity index (χ1) is 7.81. The Morgan fingerprint density at radius 3 is 2.25 bits per heavy atom. The number of carbonyl (C=O) groups excluding carboxylic acids is 1. The maximum Gasteiger partial charge on any atom is 0.223 e. The maximum absolute atomic E-state index is 12.0. The summed E-state index contributed by atoms with van der Waals surface area (Å²) in [6.07, 6.45) is 9.63. The van der Waals surface area contributed by atoms with Crippen LogP contribution >= 0.6 is 0 Å². The summed E-state index contributed by atoms with van der Waals surface area (Å²) in [6.45, 7) is 0. The van der Waals surface area contributed by atoms with Crippen molar-refractivity contribution in [3.8, 4) is 0 Å². The van der Waals surface area contributed by atoms with E-state index in [1.54, 1.807) is 0 Å². The molecule has 3 nitrogen and oxygen atoms in total. The molecule has 0 aromatic rings. The lowest BCUT2D eigenvalue weighted by atomic mass is 9.98. The number of rotatable bonds is 2. The molecule has 2 saturated heterocycles. The second-order valence-corrected chi connectivity index (χ2v) is 5.80. The van der Waals surface area contributed by atoms with Crippen molar-refractivity contribution < 1.29 is 4.79 Å². The van der Waals surface area contributed by atoms with E-state index in [2.05, 4.69) is 10.6 Å². The van der Waals surface area contributed by atoms with Gasteiger partial charge in [0.15, 0.2) is 0 Å². The van der Waals surface area contributed by atoms with Crippen molar-refractivity contribution in [2.45, 2.75) is 69.5 Å². The summed E-state index contributed by atoms with van der Waals surface area (Å²) in [7, 11) is 0. The maximum atomic E-state index is 12.0. The molecule has 1 amide bonds. The van der Waals surface area contributed by atoms with Crippen LogP contribution in [0.5, 0.6) is 0 Å². The average molecular weight is 222 g/mol. The minimum Gasteiger partial charge on any atom is -0.353 e. The highest BCUT2D eigenvalue weighted by molar-refractivity contribution is 5.79. The van der Waals surface area contributed by atoms with Crippen molar-refractivity contribution >= 4 is 5.91 Å². The van der Waals surface area contributed by atoms with Gasteiger partial charge in [0, 0.05) is 24.0 Å². The molecule has 1 saturated carbocycles. The Hall–Kier alpha value is -0.570. The van der Waals surface area contributed by atoms with Gasteiger partial charge < -0.3 is 10.6 Å². The fraction of sp³-hybridized carbons (Fsp3) is 0.923. The molecule has 2 bridgehead atoms. The van der Waals surface area contributed by atoms with Gasteiger partial charge in [0.25, 0.3) is 0 Å². The van der Waals surface area contributed by atoms with E-state index in [4.69, 9.17) is 0 Å². The van der Waals surface area contributed by atoms with E-state index in [1.165, 1.54) is 25.7 Å². The van der Waals surface area contributed by atoms with Crippen LogP contribution in [-0.4, -0.2) is 24.0 Å². The highest BCUT2D eigenvalue weighted by atomic mass is 16.1. The van der Waals surface area contributed by atoms with Crippen LogP contribution in [0.3, 0.4) is 0 Å². The SMILES string of the molecule is O=C(NC1CC2CCC(C1)N2)C1CCCC1. The van der Waals surface area contributed by atoms with E-state index in [0.29, 0.717) is 30.0 Å². The Balaban J connectivity index is 1.52. The van der Waals surface area contributed by atoms with Crippen LogP contribution in [-0.2, 0) is 4.79 Å². The number of hydrogen-bond donors (Lipinski definition) is 2. The second-order valence-electron chi connectivity index (χ2n) is 5.80. The Morgan fingerprint density at radius 2 is 1.62 bits per heavy atom. The normalized spacial score (nSPS) is 38.9. The zero-order valence-corrected chi connectivity index (χ0v) is 9.87. The Kier molecular flexibility index (Phi) is 2.88. The monoisotopic (exact) mass is 222 g/mol. The second kappa shape index (κ2) is 4.36. The van der Waals surface area contributed by atoms with E-state index < -0.39 is 0 Å². The molecule has 0 radical (unpaired) electrons. The minimum absolute atomic E-state index is 0.326. The third kappa shape index (κ3) is 2.10. The summed E-state index contributed by atoms with van der Waals surface area (Å²) in [6, 6.07) is 1.80. The number of amides is 1. The zero-order valence-electron chi connectivity index (χ0n) is 9.87. The van der Waals surface area contributed by atoms with Crippen LogP contribution in [0.4, 0.5) is 0 Å². The predicted octanol–water partition coefficient (Wildman–Crippen LogP) is 1.58. The van der Waals surface area contributed by atoms with Crippen molar-refractivity contribution in [1.29, 1.82) is 0 Å². The summed E-state index contributed by atoms with van der Waals surface area (Å²) in [5.74, 6) is 0.663. The molecule has 2 heterocycles. The highest BCUT2D eigenvalue weighted by Gasteiger charge is 2.35. The van der Waals surface area contributed by atoms with E-state index in [-0.39, 0.29) is 0 Å². The first-order valence-electron chi connectivity index (χ1n) is 6.87. The van der Waals surface area contributed by atoms with Crippen molar-refractivity contribution in [2.75, 3.05) is 0 Å². The standard InChI is InChI=1S/C13H22N2O/c16-13(9-3-1-2-4-9)15-12-7-10-5-6-11(8-12)14-10/h9-12,14H,1-8H2,(H,15,16). The van der Waals surface area contributed by atoms with Crippen LogP contribution in [0.2, 0.25) is 0 Å². The van der Waals surface area contributed by atoms with E-state index >= 15 is 0 Å². The van der Waals surface area contributed by atoms with Crippen LogP contribution in [0.15, 0.2) is 0 Å². The lowest BCUT2D eigenvalue weighted by Gasteiger charge is -2.30. The molecule has 2 aliphatic heterocycles. The first-order valence-corrected chi connectivity index (χ1v) is 6.87. The van der Waals surface area contributed by atoms with Crippen LogP contribution in [0.1, 0.15) is 51.4 Å². The van der Waals surface area contributed by atoms with Gasteiger partial charge >= 0.3 is 0 Å². The molecule has 0 aromatic heterocycles. The molecule has 2 unspecified atom stereocenters. The van der Waals surface area contributed by atoms with E-state index in [9.17, 15) is 4.79 Å². The summed E-state index contributed by atoms with van der Waals surface area (Å²) < 4.78 is 0. The number of fused-ring (bicyclic) bond motifs is 2. The molecule has 0 spiro atoms. The summed E-state index contributed by atoms with van der Waals surface area (Å²) in [5, 5.41) is 6.89. The van der Waals surface area contributed by atoms with Gasteiger partial charge in [-0.25, -0.2) is 0 Å². The van der Waals surface area contributed by atoms with Crippen LogP contribution in [0, 0.1) is 5.92 Å². The number of nitrogens with one attached hydrogen (secondary N) is 2. The van der Waals surface area contributed by atoms with Gasteiger partial charge in [-0.2, -0.15) is 0 Å². The predicted molar refractivity (Wildman–Crippen MR) is 63.1 cm³/mol. The number of carbonyl (C=O) groups is 1. The lowest BCUT2D eigenvalue weighted by Crippen LogP contribution is -2.49. The summed E-state index contributed by atoms with van der Waals surface area (Å²) in [4.78, 5) is 12.0. The lowest BCUT2D eigenvalue weighted by molar-refractivity contribution is -0.125. The van der Waals surface area contributed by atoms with Gasteiger partial charge in [0.2, 0.25) is 5.91 Å². The minimum atomic E-state index is 0.326. The van der Waals surface area contributed by atoms with E-state index in [1.807, 2.05) is 0 Å². The van der Waals surface area contributed by atoms with Gasteiger partial charge in [-0.1, -0.05) is 12.8 Å². The quantitative estimate of drug-likeness (QED) is 0.744. The summed E-state index contributed by atoms with van der Waals surface area (Å²) >= 11 is 0. The molecular weight excluding hydrogens is 200 g/mol. The van der Waals surface area contributed by atoms with Gasteiger partial charge in [-0.15, -0.1) is 0 Å². The number of hydrogen-bond acceptors (Lipinski definition) is 2. The molecule has 3 rings (SSSR count). The largest absolute Gasteiger partial charge is 0.353 e. The number of piperidine rings is 1. The molecule has 2 atom stereocenters.